The second kappa shape index (κ2) is 10.7. The van der Waals surface area contributed by atoms with Gasteiger partial charge in [-0.15, -0.1) is 0 Å². The summed E-state index contributed by atoms with van der Waals surface area (Å²) in [6, 6.07) is 4.43. The number of allylic oxidation sites excluding steroid dienone is 2. The molecule has 0 spiro atoms. The number of hydrogen-bond acceptors (Lipinski definition) is 3. The minimum atomic E-state index is -4.91. The van der Waals surface area contributed by atoms with Gasteiger partial charge in [0.05, 0.1) is 21.3 Å². The molecule has 0 atom stereocenters. The number of carbonyl (C=O) groups is 2. The smallest absolute Gasteiger partial charge is 0.433 e. The maximum absolute atomic E-state index is 13.7. The summed E-state index contributed by atoms with van der Waals surface area (Å²) in [5, 5.41) is 15.1. The predicted molar refractivity (Wildman–Crippen MR) is 115 cm³/mol. The molecule has 1 heterocycles. The van der Waals surface area contributed by atoms with E-state index in [0.29, 0.717) is 16.3 Å². The third kappa shape index (κ3) is 6.93. The third-order valence-corrected chi connectivity index (χ3v) is 5.03. The molecule has 0 aliphatic carbocycles. The van der Waals surface area contributed by atoms with Crippen molar-refractivity contribution in [2.45, 2.75) is 12.6 Å². The molecule has 12 heteroatoms. The first-order chi connectivity index (χ1) is 15.3. The monoisotopic (exact) mass is 505 g/mol. The molecule has 0 bridgehead atoms. The fourth-order valence-electron chi connectivity index (χ4n) is 2.87. The van der Waals surface area contributed by atoms with E-state index in [2.05, 4.69) is 17.0 Å². The Labute approximate surface area is 195 Å². The summed E-state index contributed by atoms with van der Waals surface area (Å²) in [7, 11) is 1.05. The van der Waals surface area contributed by atoms with Crippen molar-refractivity contribution < 1.29 is 32.3 Å². The fourth-order valence-corrected chi connectivity index (χ4v) is 3.19. The third-order valence-electron chi connectivity index (χ3n) is 4.29. The number of rotatable bonds is 8. The highest BCUT2D eigenvalue weighted by atomic mass is 35.5. The van der Waals surface area contributed by atoms with Gasteiger partial charge in [-0.2, -0.15) is 18.3 Å². The van der Waals surface area contributed by atoms with Gasteiger partial charge in [0.15, 0.2) is 5.69 Å². The number of carboxylic acid groups (broad SMARTS) is 1. The average Bonchev–Trinajstić information content (AvgIpc) is 3.02. The Morgan fingerprint density at radius 2 is 1.94 bits per heavy atom. The minimum Gasteiger partial charge on any atom is -0.478 e. The molecule has 0 aliphatic rings. The van der Waals surface area contributed by atoms with E-state index in [1.165, 1.54) is 18.2 Å². The van der Waals surface area contributed by atoms with Crippen LogP contribution in [0.2, 0.25) is 10.0 Å². The van der Waals surface area contributed by atoms with E-state index >= 15 is 0 Å². The fraction of sp³-hybridized carbons (Fsp3) is 0.190. The summed E-state index contributed by atoms with van der Waals surface area (Å²) >= 11 is 11.8. The van der Waals surface area contributed by atoms with Crippen LogP contribution in [0.25, 0.3) is 0 Å². The number of amides is 1. The van der Waals surface area contributed by atoms with E-state index < -0.39 is 41.7 Å². The highest BCUT2D eigenvalue weighted by Gasteiger charge is 2.41. The van der Waals surface area contributed by atoms with Gasteiger partial charge in [-0.1, -0.05) is 48.0 Å². The van der Waals surface area contributed by atoms with E-state index in [0.717, 1.165) is 19.2 Å². The summed E-state index contributed by atoms with van der Waals surface area (Å²) in [6.45, 7) is 2.52. The molecule has 2 rings (SSSR count). The average molecular weight is 506 g/mol. The maximum atomic E-state index is 13.7. The van der Waals surface area contributed by atoms with Gasteiger partial charge in [0.1, 0.15) is 5.83 Å². The lowest BCUT2D eigenvalue weighted by Gasteiger charge is -2.12. The standard InChI is InChI=1S/C21H17Cl2F4N3O3/c1-11(24)13(4-3-5-17(31)32)10-28-20(33)18-16(29-30(2)19(18)21(25,26)27)9-12-6-7-14(22)15(23)8-12/h3-8H,1,9-10H2,2H3,(H,28,33)(H,31,32)/b5-3+,13-4-. The summed E-state index contributed by atoms with van der Waals surface area (Å²) in [6.07, 6.45) is -2.33. The van der Waals surface area contributed by atoms with Crippen LogP contribution in [0.15, 0.2) is 54.4 Å². The summed E-state index contributed by atoms with van der Waals surface area (Å²) in [4.78, 5) is 23.3. The van der Waals surface area contributed by atoms with Crippen LogP contribution in [0.4, 0.5) is 17.6 Å². The lowest BCUT2D eigenvalue weighted by atomic mass is 10.0. The molecule has 0 fully saturated rings. The lowest BCUT2D eigenvalue weighted by Crippen LogP contribution is -2.29. The van der Waals surface area contributed by atoms with Gasteiger partial charge >= 0.3 is 12.1 Å². The maximum Gasteiger partial charge on any atom is 0.433 e. The second-order valence-corrected chi connectivity index (χ2v) is 7.51. The first kappa shape index (κ1) is 26.1. The van der Waals surface area contributed by atoms with Crippen LogP contribution in [0, 0.1) is 0 Å². The molecule has 2 N–H and O–H groups in total. The Kier molecular flexibility index (Phi) is 8.45. The van der Waals surface area contributed by atoms with Crippen LogP contribution in [0.5, 0.6) is 0 Å². The molecule has 1 amide bonds. The number of aliphatic carboxylic acids is 1. The number of aromatic nitrogens is 2. The lowest BCUT2D eigenvalue weighted by molar-refractivity contribution is -0.144. The highest BCUT2D eigenvalue weighted by Crippen LogP contribution is 2.34. The molecular weight excluding hydrogens is 489 g/mol. The van der Waals surface area contributed by atoms with Crippen molar-refractivity contribution >= 4 is 35.1 Å². The molecule has 0 radical (unpaired) electrons. The molecule has 0 saturated carbocycles. The van der Waals surface area contributed by atoms with Crippen molar-refractivity contribution in [3.05, 3.63) is 87.0 Å². The van der Waals surface area contributed by atoms with Gasteiger partial charge in [-0.3, -0.25) is 9.48 Å². The SMILES string of the molecule is C=C(F)/C(=C\C=C\C(=O)O)CNC(=O)c1c(Cc2ccc(Cl)c(Cl)c2)nn(C)c1C(F)(F)F. The first-order valence-electron chi connectivity index (χ1n) is 9.11. The zero-order valence-corrected chi connectivity index (χ0v) is 18.5. The highest BCUT2D eigenvalue weighted by molar-refractivity contribution is 6.42. The summed E-state index contributed by atoms with van der Waals surface area (Å²) < 4.78 is 55.2. The second-order valence-electron chi connectivity index (χ2n) is 6.69. The molecule has 1 aromatic carbocycles. The van der Waals surface area contributed by atoms with Crippen LogP contribution >= 0.6 is 23.2 Å². The van der Waals surface area contributed by atoms with Crippen molar-refractivity contribution in [2.24, 2.45) is 7.05 Å². The molecule has 2 aromatic rings. The molecular formula is C21H17Cl2F4N3O3. The Morgan fingerprint density at radius 3 is 2.48 bits per heavy atom. The number of nitrogens with one attached hydrogen (secondary N) is 1. The Balaban J connectivity index is 2.41. The molecule has 0 saturated heterocycles. The van der Waals surface area contributed by atoms with Crippen molar-refractivity contribution in [3.63, 3.8) is 0 Å². The quantitative estimate of drug-likeness (QED) is 0.296. The van der Waals surface area contributed by atoms with E-state index in [1.54, 1.807) is 0 Å². The number of carbonyl (C=O) groups excluding carboxylic acids is 1. The number of carboxylic acids is 1. The van der Waals surface area contributed by atoms with Crippen molar-refractivity contribution in [3.8, 4) is 0 Å². The van der Waals surface area contributed by atoms with Gasteiger partial charge in [-0.25, -0.2) is 9.18 Å². The summed E-state index contributed by atoms with van der Waals surface area (Å²) in [5.41, 5.74) is -1.98. The molecule has 0 aliphatic heterocycles. The minimum absolute atomic E-state index is 0.163. The van der Waals surface area contributed by atoms with Crippen molar-refractivity contribution in [1.29, 1.82) is 0 Å². The van der Waals surface area contributed by atoms with Gasteiger partial charge in [0.25, 0.3) is 5.91 Å². The largest absolute Gasteiger partial charge is 0.478 e. The van der Waals surface area contributed by atoms with Crippen molar-refractivity contribution in [1.82, 2.24) is 15.1 Å². The van der Waals surface area contributed by atoms with Gasteiger partial charge in [0.2, 0.25) is 0 Å². The number of hydrogen-bond donors (Lipinski definition) is 2. The van der Waals surface area contributed by atoms with Gasteiger partial charge < -0.3 is 10.4 Å². The zero-order chi connectivity index (χ0) is 24.9. The van der Waals surface area contributed by atoms with E-state index in [4.69, 9.17) is 28.3 Å². The van der Waals surface area contributed by atoms with Crippen LogP contribution in [-0.2, 0) is 24.4 Å². The molecule has 6 nitrogen and oxygen atoms in total. The topological polar surface area (TPSA) is 84.2 Å². The first-order valence-corrected chi connectivity index (χ1v) is 9.87. The number of aryl methyl sites for hydroxylation is 1. The zero-order valence-electron chi connectivity index (χ0n) is 17.0. The number of halogens is 6. The molecule has 176 valence electrons. The predicted octanol–water partition coefficient (Wildman–Crippen LogP) is 5.12. The normalized spacial score (nSPS) is 12.3. The van der Waals surface area contributed by atoms with E-state index in [-0.39, 0.29) is 27.7 Å². The Hall–Kier alpha value is -3.11. The van der Waals surface area contributed by atoms with Gasteiger partial charge in [0, 0.05) is 31.7 Å². The van der Waals surface area contributed by atoms with Crippen LogP contribution < -0.4 is 5.32 Å². The van der Waals surface area contributed by atoms with Crippen molar-refractivity contribution in [2.75, 3.05) is 6.54 Å². The van der Waals surface area contributed by atoms with E-state index in [9.17, 15) is 27.2 Å². The van der Waals surface area contributed by atoms with Crippen LogP contribution in [0.1, 0.15) is 27.3 Å². The van der Waals surface area contributed by atoms with Gasteiger partial charge in [-0.05, 0) is 17.7 Å². The van der Waals surface area contributed by atoms with Crippen LogP contribution in [-0.4, -0.2) is 33.3 Å². The molecule has 0 unspecified atom stereocenters. The number of alkyl halides is 3. The molecule has 33 heavy (non-hydrogen) atoms. The van der Waals surface area contributed by atoms with Crippen LogP contribution in [0.3, 0.4) is 0 Å². The van der Waals surface area contributed by atoms with E-state index in [1.807, 2.05) is 0 Å². The number of nitrogens with zero attached hydrogens (tertiary/aromatic N) is 2. The Bertz CT molecular complexity index is 1150. The Morgan fingerprint density at radius 1 is 1.27 bits per heavy atom. The summed E-state index contributed by atoms with van der Waals surface area (Å²) in [5.74, 6) is -3.44. The number of benzene rings is 1. The molecule has 1 aromatic heterocycles.